The van der Waals surface area contributed by atoms with Crippen molar-refractivity contribution in [1.29, 1.82) is 0 Å². The predicted octanol–water partition coefficient (Wildman–Crippen LogP) is 4.99. The first kappa shape index (κ1) is 19.5. The average molecular weight is 375 g/mol. The summed E-state index contributed by atoms with van der Waals surface area (Å²) < 4.78 is 10.3. The average Bonchev–Trinajstić information content (AvgIpc) is 2.77. The topological polar surface area (TPSA) is 38.8 Å². The molecule has 0 radical (unpaired) electrons. The van der Waals surface area contributed by atoms with Gasteiger partial charge >= 0.3 is 5.97 Å². The van der Waals surface area contributed by atoms with Crippen molar-refractivity contribution in [2.45, 2.75) is 18.9 Å². The summed E-state index contributed by atoms with van der Waals surface area (Å²) in [5.41, 5.74) is 3.42. The van der Waals surface area contributed by atoms with Gasteiger partial charge in [-0.25, -0.2) is 4.79 Å². The summed E-state index contributed by atoms with van der Waals surface area (Å²) >= 11 is 0. The van der Waals surface area contributed by atoms with Gasteiger partial charge in [0.05, 0.1) is 25.8 Å². The standard InChI is InChI=1S/C24H25NO3/c1-4-5-11-20-16-22(18-9-7-6-8-10-18)23(24(26)28-3)17-25(20)19-12-14-21(27-2)15-13-19/h4,6-10,12-17,20H,1,5,11H2,2-3H3. The number of carbonyl (C=O) groups excluding carboxylic acids is 1. The number of ether oxygens (including phenoxy) is 2. The monoisotopic (exact) mass is 375 g/mol. The molecule has 1 unspecified atom stereocenters. The normalized spacial score (nSPS) is 16.1. The van der Waals surface area contributed by atoms with Crippen LogP contribution in [0.2, 0.25) is 0 Å². The van der Waals surface area contributed by atoms with Gasteiger partial charge in [0.15, 0.2) is 0 Å². The van der Waals surface area contributed by atoms with Crippen LogP contribution < -0.4 is 9.64 Å². The highest BCUT2D eigenvalue weighted by Crippen LogP contribution is 2.34. The second-order valence-corrected chi connectivity index (χ2v) is 6.52. The highest BCUT2D eigenvalue weighted by molar-refractivity contribution is 6.07. The molecule has 0 aliphatic carbocycles. The van der Waals surface area contributed by atoms with E-state index >= 15 is 0 Å². The molecular weight excluding hydrogens is 350 g/mol. The van der Waals surface area contributed by atoms with Crippen molar-refractivity contribution in [3.05, 3.63) is 90.7 Å². The van der Waals surface area contributed by atoms with Crippen LogP contribution in [0.25, 0.3) is 5.57 Å². The van der Waals surface area contributed by atoms with E-state index in [1.165, 1.54) is 7.11 Å². The molecule has 2 aromatic rings. The first-order valence-electron chi connectivity index (χ1n) is 9.29. The predicted molar refractivity (Wildman–Crippen MR) is 113 cm³/mol. The van der Waals surface area contributed by atoms with Crippen molar-refractivity contribution in [3.8, 4) is 5.75 Å². The molecule has 0 spiro atoms. The Morgan fingerprint density at radius 3 is 2.43 bits per heavy atom. The van der Waals surface area contributed by atoms with Crippen LogP contribution in [0.5, 0.6) is 5.75 Å². The summed E-state index contributed by atoms with van der Waals surface area (Å²) in [4.78, 5) is 14.7. The fraction of sp³-hybridized carbons (Fsp3) is 0.208. The molecule has 1 atom stereocenters. The lowest BCUT2D eigenvalue weighted by molar-refractivity contribution is -0.135. The number of rotatable bonds is 7. The van der Waals surface area contributed by atoms with Crippen molar-refractivity contribution in [1.82, 2.24) is 0 Å². The molecule has 0 bridgehead atoms. The van der Waals surface area contributed by atoms with Crippen molar-refractivity contribution in [2.75, 3.05) is 19.1 Å². The minimum Gasteiger partial charge on any atom is -0.497 e. The number of hydrogen-bond donors (Lipinski definition) is 0. The summed E-state index contributed by atoms with van der Waals surface area (Å²) in [5, 5.41) is 0. The zero-order chi connectivity index (χ0) is 19.9. The number of carbonyl (C=O) groups is 1. The van der Waals surface area contributed by atoms with Gasteiger partial charge < -0.3 is 14.4 Å². The summed E-state index contributed by atoms with van der Waals surface area (Å²) in [6.07, 6.45) is 7.72. The molecule has 0 fully saturated rings. The maximum atomic E-state index is 12.6. The van der Waals surface area contributed by atoms with Crippen LogP contribution in [0.3, 0.4) is 0 Å². The number of methoxy groups -OCH3 is 2. The summed E-state index contributed by atoms with van der Waals surface area (Å²) in [7, 11) is 3.06. The fourth-order valence-corrected chi connectivity index (χ4v) is 3.34. The number of nitrogens with zero attached hydrogens (tertiary/aromatic N) is 1. The zero-order valence-electron chi connectivity index (χ0n) is 16.3. The number of hydrogen-bond acceptors (Lipinski definition) is 4. The molecule has 2 aromatic carbocycles. The van der Waals surface area contributed by atoms with Crippen LogP contribution >= 0.6 is 0 Å². The molecule has 0 saturated carbocycles. The molecule has 0 amide bonds. The molecule has 1 aliphatic rings. The molecule has 4 heteroatoms. The van der Waals surface area contributed by atoms with Gasteiger partial charge in [-0.05, 0) is 48.2 Å². The molecule has 0 N–H and O–H groups in total. The van der Waals surface area contributed by atoms with E-state index in [0.29, 0.717) is 5.57 Å². The fourth-order valence-electron chi connectivity index (χ4n) is 3.34. The van der Waals surface area contributed by atoms with Gasteiger partial charge in [0.2, 0.25) is 0 Å². The third kappa shape index (κ3) is 4.17. The van der Waals surface area contributed by atoms with Crippen LogP contribution in [0.15, 0.2) is 85.1 Å². The van der Waals surface area contributed by atoms with Crippen LogP contribution in [-0.2, 0) is 9.53 Å². The third-order valence-electron chi connectivity index (χ3n) is 4.80. The van der Waals surface area contributed by atoms with Gasteiger partial charge in [-0.2, -0.15) is 0 Å². The molecule has 0 aromatic heterocycles. The maximum absolute atomic E-state index is 12.6. The van der Waals surface area contributed by atoms with E-state index in [4.69, 9.17) is 9.47 Å². The van der Waals surface area contributed by atoms with Gasteiger partial charge in [0.25, 0.3) is 0 Å². The Labute approximate surface area is 166 Å². The van der Waals surface area contributed by atoms with E-state index in [-0.39, 0.29) is 12.0 Å². The summed E-state index contributed by atoms with van der Waals surface area (Å²) in [5.74, 6) is 0.442. The Morgan fingerprint density at radius 2 is 1.82 bits per heavy atom. The van der Waals surface area contributed by atoms with Crippen LogP contribution in [0.1, 0.15) is 18.4 Å². The number of esters is 1. The zero-order valence-corrected chi connectivity index (χ0v) is 16.3. The smallest absolute Gasteiger partial charge is 0.339 e. The van der Waals surface area contributed by atoms with Crippen molar-refractivity contribution >= 4 is 17.2 Å². The lowest BCUT2D eigenvalue weighted by atomic mass is 9.91. The summed E-state index contributed by atoms with van der Waals surface area (Å²) in [6.45, 7) is 3.85. The molecule has 28 heavy (non-hydrogen) atoms. The summed E-state index contributed by atoms with van der Waals surface area (Å²) in [6, 6.07) is 17.8. The molecule has 3 rings (SSSR count). The minimum absolute atomic E-state index is 0.0926. The second kappa shape index (κ2) is 9.09. The maximum Gasteiger partial charge on any atom is 0.339 e. The Kier molecular flexibility index (Phi) is 6.33. The second-order valence-electron chi connectivity index (χ2n) is 6.52. The van der Waals surface area contributed by atoms with Gasteiger partial charge in [-0.1, -0.05) is 42.5 Å². The van der Waals surface area contributed by atoms with Gasteiger partial charge in [-0.15, -0.1) is 6.58 Å². The molecule has 4 nitrogen and oxygen atoms in total. The molecule has 1 heterocycles. The molecule has 144 valence electrons. The number of benzene rings is 2. The Bertz CT molecular complexity index is 882. The van der Waals surface area contributed by atoms with Crippen LogP contribution in [-0.4, -0.2) is 26.2 Å². The molecular formula is C24H25NO3. The molecule has 1 aliphatic heterocycles. The van der Waals surface area contributed by atoms with E-state index in [1.807, 2.05) is 66.9 Å². The largest absolute Gasteiger partial charge is 0.497 e. The first-order valence-corrected chi connectivity index (χ1v) is 9.29. The van der Waals surface area contributed by atoms with E-state index in [0.717, 1.165) is 35.4 Å². The van der Waals surface area contributed by atoms with Crippen molar-refractivity contribution in [3.63, 3.8) is 0 Å². The highest BCUT2D eigenvalue weighted by atomic mass is 16.5. The van der Waals surface area contributed by atoms with Crippen molar-refractivity contribution in [2.24, 2.45) is 0 Å². The minimum atomic E-state index is -0.351. The van der Waals surface area contributed by atoms with Gasteiger partial charge in [0, 0.05) is 11.9 Å². The Morgan fingerprint density at radius 1 is 1.11 bits per heavy atom. The highest BCUT2D eigenvalue weighted by Gasteiger charge is 2.27. The first-order chi connectivity index (χ1) is 13.7. The van der Waals surface area contributed by atoms with Crippen molar-refractivity contribution < 1.29 is 14.3 Å². The third-order valence-corrected chi connectivity index (χ3v) is 4.80. The van der Waals surface area contributed by atoms with E-state index < -0.39 is 0 Å². The quantitative estimate of drug-likeness (QED) is 0.505. The van der Waals surface area contributed by atoms with E-state index in [2.05, 4.69) is 17.6 Å². The lowest BCUT2D eigenvalue weighted by Crippen LogP contribution is -2.33. The van der Waals surface area contributed by atoms with E-state index in [1.54, 1.807) is 7.11 Å². The van der Waals surface area contributed by atoms with Gasteiger partial charge in [-0.3, -0.25) is 0 Å². The lowest BCUT2D eigenvalue weighted by Gasteiger charge is -2.34. The Hall–Kier alpha value is -3.27. The number of allylic oxidation sites excluding steroid dienone is 1. The van der Waals surface area contributed by atoms with Crippen LogP contribution in [0.4, 0.5) is 5.69 Å². The van der Waals surface area contributed by atoms with E-state index in [9.17, 15) is 4.79 Å². The number of anilines is 1. The van der Waals surface area contributed by atoms with Crippen LogP contribution in [0, 0.1) is 0 Å². The Balaban J connectivity index is 2.07. The molecule has 0 saturated heterocycles. The SMILES string of the molecule is C=CCCC1C=C(c2ccccc2)C(C(=O)OC)=CN1c1ccc(OC)cc1. The van der Waals surface area contributed by atoms with Gasteiger partial charge in [0.1, 0.15) is 5.75 Å².